The van der Waals surface area contributed by atoms with Crippen molar-refractivity contribution in [2.75, 3.05) is 0 Å². The molecular formula is C9H15ClN2. The highest BCUT2D eigenvalue weighted by atomic mass is 35.5. The van der Waals surface area contributed by atoms with Gasteiger partial charge in [-0.15, -0.1) is 12.4 Å². The zero-order valence-electron chi connectivity index (χ0n) is 7.50. The van der Waals surface area contributed by atoms with E-state index in [1.807, 2.05) is 6.33 Å². The van der Waals surface area contributed by atoms with Crippen LogP contribution in [-0.2, 0) is 12.8 Å². The lowest BCUT2D eigenvalue weighted by Crippen LogP contribution is -2.20. The fraction of sp³-hybridized carbons (Fsp3) is 0.667. The van der Waals surface area contributed by atoms with Crippen LogP contribution in [0, 0.1) is 11.8 Å². The fourth-order valence-corrected chi connectivity index (χ4v) is 1.73. The first kappa shape index (κ1) is 9.59. The van der Waals surface area contributed by atoms with Gasteiger partial charge in [-0.2, -0.15) is 0 Å². The van der Waals surface area contributed by atoms with Crippen molar-refractivity contribution in [3.05, 3.63) is 17.7 Å². The minimum absolute atomic E-state index is 0. The Hall–Kier alpha value is -0.500. The number of rotatable bonds is 0. The Morgan fingerprint density at radius 2 is 2.00 bits per heavy atom. The van der Waals surface area contributed by atoms with E-state index in [0.29, 0.717) is 0 Å². The lowest BCUT2D eigenvalue weighted by atomic mass is 9.82. The van der Waals surface area contributed by atoms with Crippen LogP contribution in [-0.4, -0.2) is 9.97 Å². The number of halogens is 1. The molecule has 0 aliphatic heterocycles. The number of H-pyrrole nitrogens is 1. The van der Waals surface area contributed by atoms with Crippen LogP contribution in [0.2, 0.25) is 0 Å². The Labute approximate surface area is 79.2 Å². The van der Waals surface area contributed by atoms with E-state index in [4.69, 9.17) is 0 Å². The Balaban J connectivity index is 0.000000720. The Bertz CT molecular complexity index is 232. The van der Waals surface area contributed by atoms with E-state index >= 15 is 0 Å². The van der Waals surface area contributed by atoms with Gasteiger partial charge >= 0.3 is 0 Å². The maximum absolute atomic E-state index is 4.29. The molecule has 1 aliphatic carbocycles. The summed E-state index contributed by atoms with van der Waals surface area (Å²) in [5, 5.41) is 0. The Kier molecular flexibility index (Phi) is 2.78. The molecule has 2 rings (SSSR count). The predicted octanol–water partition coefficient (Wildman–Crippen LogP) is 2.20. The molecular weight excluding hydrogens is 172 g/mol. The van der Waals surface area contributed by atoms with Crippen molar-refractivity contribution in [3.63, 3.8) is 0 Å². The molecule has 12 heavy (non-hydrogen) atoms. The van der Waals surface area contributed by atoms with Gasteiger partial charge in [-0.05, 0) is 24.7 Å². The zero-order chi connectivity index (χ0) is 7.84. The molecule has 0 bridgehead atoms. The first-order valence-corrected chi connectivity index (χ1v) is 4.28. The topological polar surface area (TPSA) is 28.7 Å². The standard InChI is InChI=1S/C9H14N2.ClH/c1-6-3-8-9(4-7(6)2)11-5-10-8;/h5-7H,3-4H2,1-2H3,(H,10,11);1H. The number of nitrogens with one attached hydrogen (secondary N) is 1. The molecule has 0 fully saturated rings. The molecule has 68 valence electrons. The number of aromatic amines is 1. The van der Waals surface area contributed by atoms with E-state index in [0.717, 1.165) is 18.3 Å². The molecule has 0 saturated carbocycles. The molecule has 1 aromatic rings. The van der Waals surface area contributed by atoms with E-state index in [2.05, 4.69) is 23.8 Å². The molecule has 0 radical (unpaired) electrons. The Morgan fingerprint density at radius 1 is 1.33 bits per heavy atom. The minimum atomic E-state index is 0. The van der Waals surface area contributed by atoms with E-state index in [9.17, 15) is 0 Å². The molecule has 0 amide bonds. The number of fused-ring (bicyclic) bond motifs is 1. The molecule has 2 nitrogen and oxygen atoms in total. The van der Waals surface area contributed by atoms with Crippen molar-refractivity contribution in [1.29, 1.82) is 0 Å². The van der Waals surface area contributed by atoms with Crippen LogP contribution in [0.15, 0.2) is 6.33 Å². The zero-order valence-corrected chi connectivity index (χ0v) is 8.32. The summed E-state index contributed by atoms with van der Waals surface area (Å²) in [6, 6.07) is 0. The summed E-state index contributed by atoms with van der Waals surface area (Å²) < 4.78 is 0. The van der Waals surface area contributed by atoms with E-state index in [1.54, 1.807) is 0 Å². The predicted molar refractivity (Wildman–Crippen MR) is 51.6 cm³/mol. The average molecular weight is 187 g/mol. The molecule has 0 aromatic carbocycles. The van der Waals surface area contributed by atoms with Gasteiger partial charge in [0.05, 0.1) is 12.0 Å². The second-order valence-corrected chi connectivity index (χ2v) is 3.69. The molecule has 2 unspecified atom stereocenters. The molecule has 2 atom stereocenters. The first-order valence-electron chi connectivity index (χ1n) is 4.28. The lowest BCUT2D eigenvalue weighted by Gasteiger charge is -2.24. The van der Waals surface area contributed by atoms with Crippen LogP contribution in [0.25, 0.3) is 0 Å². The highest BCUT2D eigenvalue weighted by Crippen LogP contribution is 2.26. The van der Waals surface area contributed by atoms with Crippen molar-refractivity contribution < 1.29 is 0 Å². The van der Waals surface area contributed by atoms with Gasteiger partial charge in [-0.25, -0.2) is 4.98 Å². The number of nitrogens with zero attached hydrogens (tertiary/aromatic N) is 1. The van der Waals surface area contributed by atoms with Crippen LogP contribution >= 0.6 is 12.4 Å². The summed E-state index contributed by atoms with van der Waals surface area (Å²) in [6.45, 7) is 4.62. The molecule has 3 heteroatoms. The monoisotopic (exact) mass is 186 g/mol. The molecule has 1 heterocycles. The summed E-state index contributed by atoms with van der Waals surface area (Å²) in [7, 11) is 0. The van der Waals surface area contributed by atoms with Gasteiger partial charge in [0.2, 0.25) is 0 Å². The van der Waals surface area contributed by atoms with Gasteiger partial charge in [0.1, 0.15) is 0 Å². The van der Waals surface area contributed by atoms with Crippen LogP contribution in [0.1, 0.15) is 25.2 Å². The van der Waals surface area contributed by atoms with Crippen molar-refractivity contribution >= 4 is 12.4 Å². The average Bonchev–Trinajstić information content (AvgIpc) is 2.36. The summed E-state index contributed by atoms with van der Waals surface area (Å²) in [6.07, 6.45) is 4.14. The fourth-order valence-electron chi connectivity index (χ4n) is 1.73. The second-order valence-electron chi connectivity index (χ2n) is 3.69. The van der Waals surface area contributed by atoms with Gasteiger partial charge in [-0.3, -0.25) is 0 Å². The third-order valence-corrected chi connectivity index (χ3v) is 2.82. The summed E-state index contributed by atoms with van der Waals surface area (Å²) in [5.41, 5.74) is 2.64. The van der Waals surface area contributed by atoms with Gasteiger partial charge in [-0.1, -0.05) is 13.8 Å². The number of hydrogen-bond acceptors (Lipinski definition) is 1. The van der Waals surface area contributed by atoms with Gasteiger partial charge in [0.15, 0.2) is 0 Å². The summed E-state index contributed by atoms with van der Waals surface area (Å²) >= 11 is 0. The van der Waals surface area contributed by atoms with Crippen LogP contribution in [0.5, 0.6) is 0 Å². The van der Waals surface area contributed by atoms with Crippen molar-refractivity contribution in [3.8, 4) is 0 Å². The van der Waals surface area contributed by atoms with E-state index < -0.39 is 0 Å². The van der Waals surface area contributed by atoms with Crippen molar-refractivity contribution in [2.24, 2.45) is 11.8 Å². The SMILES string of the molecule is CC1Cc2nc[nH]c2CC1C.Cl. The minimum Gasteiger partial charge on any atom is -0.348 e. The van der Waals surface area contributed by atoms with Crippen LogP contribution < -0.4 is 0 Å². The van der Waals surface area contributed by atoms with Gasteiger partial charge in [0, 0.05) is 5.69 Å². The highest BCUT2D eigenvalue weighted by Gasteiger charge is 2.23. The normalized spacial score (nSPS) is 27.5. The molecule has 0 saturated heterocycles. The van der Waals surface area contributed by atoms with Crippen molar-refractivity contribution in [2.45, 2.75) is 26.7 Å². The first-order chi connectivity index (χ1) is 5.27. The molecule has 1 N–H and O–H groups in total. The molecule has 1 aliphatic rings. The number of aromatic nitrogens is 2. The highest BCUT2D eigenvalue weighted by molar-refractivity contribution is 5.85. The van der Waals surface area contributed by atoms with Crippen LogP contribution in [0.3, 0.4) is 0 Å². The number of hydrogen-bond donors (Lipinski definition) is 1. The largest absolute Gasteiger partial charge is 0.348 e. The van der Waals surface area contributed by atoms with Crippen molar-refractivity contribution in [1.82, 2.24) is 9.97 Å². The van der Waals surface area contributed by atoms with E-state index in [1.165, 1.54) is 17.8 Å². The maximum atomic E-state index is 4.29. The van der Waals surface area contributed by atoms with Gasteiger partial charge < -0.3 is 4.98 Å². The van der Waals surface area contributed by atoms with E-state index in [-0.39, 0.29) is 12.4 Å². The smallest absolute Gasteiger partial charge is 0.0925 e. The summed E-state index contributed by atoms with van der Waals surface area (Å²) in [4.78, 5) is 7.48. The third kappa shape index (κ3) is 1.48. The van der Waals surface area contributed by atoms with Crippen LogP contribution in [0.4, 0.5) is 0 Å². The second kappa shape index (κ2) is 3.48. The lowest BCUT2D eigenvalue weighted by molar-refractivity contribution is 0.355. The van der Waals surface area contributed by atoms with Gasteiger partial charge in [0.25, 0.3) is 0 Å². The maximum Gasteiger partial charge on any atom is 0.0925 e. The Morgan fingerprint density at radius 3 is 2.75 bits per heavy atom. The number of imidazole rings is 1. The quantitative estimate of drug-likeness (QED) is 0.661. The summed E-state index contributed by atoms with van der Waals surface area (Å²) in [5.74, 6) is 1.61. The molecule has 1 aromatic heterocycles. The third-order valence-electron chi connectivity index (χ3n) is 2.82. The molecule has 0 spiro atoms.